The number of carboxylic acid groups (broad SMARTS) is 1. The van der Waals surface area contributed by atoms with E-state index >= 15 is 0 Å². The topological polar surface area (TPSA) is 67.8 Å². The molecule has 0 saturated carbocycles. The van der Waals surface area contributed by atoms with E-state index in [9.17, 15) is 4.79 Å². The van der Waals surface area contributed by atoms with Gasteiger partial charge in [0.05, 0.1) is 6.61 Å². The number of hydrogen-bond acceptors (Lipinski definition) is 4. The van der Waals surface area contributed by atoms with E-state index in [1.807, 2.05) is 38.1 Å². The first-order chi connectivity index (χ1) is 9.54. The van der Waals surface area contributed by atoms with Gasteiger partial charge in [-0.1, -0.05) is 26.0 Å². The number of aliphatic carboxylic acids is 1. The van der Waals surface area contributed by atoms with E-state index in [2.05, 4.69) is 5.32 Å². The van der Waals surface area contributed by atoms with Crippen LogP contribution in [0.2, 0.25) is 0 Å². The maximum Gasteiger partial charge on any atom is 0.320 e. The molecule has 0 unspecified atom stereocenters. The summed E-state index contributed by atoms with van der Waals surface area (Å²) in [6, 6.07) is 7.06. The Morgan fingerprint density at radius 1 is 1.25 bits per heavy atom. The molecule has 1 atom stereocenters. The number of nitrogens with one attached hydrogen (secondary N) is 1. The summed E-state index contributed by atoms with van der Waals surface area (Å²) in [5.74, 6) is 0.00751. The van der Waals surface area contributed by atoms with Crippen LogP contribution in [0.15, 0.2) is 24.3 Å². The van der Waals surface area contributed by atoms with Crippen LogP contribution in [-0.4, -0.2) is 37.4 Å². The fourth-order valence-corrected chi connectivity index (χ4v) is 1.78. The molecule has 0 aliphatic carbocycles. The molecular formula is C15H23NO4. The van der Waals surface area contributed by atoms with Gasteiger partial charge in [-0.3, -0.25) is 4.79 Å². The normalized spacial score (nSPS) is 12.4. The van der Waals surface area contributed by atoms with Crippen molar-refractivity contribution in [1.82, 2.24) is 5.32 Å². The third-order valence-corrected chi connectivity index (χ3v) is 2.94. The van der Waals surface area contributed by atoms with Gasteiger partial charge in [-0.25, -0.2) is 0 Å². The summed E-state index contributed by atoms with van der Waals surface area (Å²) < 4.78 is 10.4. The van der Waals surface area contributed by atoms with E-state index in [0.717, 1.165) is 11.3 Å². The summed E-state index contributed by atoms with van der Waals surface area (Å²) in [6.07, 6.45) is 0. The Bertz CT molecular complexity index is 403. The number of carbonyl (C=O) groups is 1. The number of benzene rings is 1. The van der Waals surface area contributed by atoms with E-state index < -0.39 is 12.0 Å². The zero-order valence-corrected chi connectivity index (χ0v) is 12.3. The Morgan fingerprint density at radius 2 is 1.90 bits per heavy atom. The molecule has 2 N–H and O–H groups in total. The summed E-state index contributed by atoms with van der Waals surface area (Å²) in [5.41, 5.74) is 1.02. The summed E-state index contributed by atoms with van der Waals surface area (Å²) in [7, 11) is 1.63. The Hall–Kier alpha value is -1.59. The highest BCUT2D eigenvalue weighted by Crippen LogP contribution is 2.12. The molecule has 0 fully saturated rings. The molecule has 0 amide bonds. The standard InChI is InChI=1S/C15H23NO4/c1-11(2)14(15(17)18)16-10-12-4-6-13(7-5-12)20-9-8-19-3/h4-7,11,14,16H,8-10H2,1-3H3,(H,17,18)/t14-/m0/s1. The fraction of sp³-hybridized carbons (Fsp3) is 0.533. The predicted molar refractivity (Wildman–Crippen MR) is 76.9 cm³/mol. The number of methoxy groups -OCH3 is 1. The van der Waals surface area contributed by atoms with Crippen LogP contribution in [0.25, 0.3) is 0 Å². The van der Waals surface area contributed by atoms with Crippen molar-refractivity contribution in [3.63, 3.8) is 0 Å². The first kappa shape index (κ1) is 16.5. The molecule has 0 bridgehead atoms. The van der Waals surface area contributed by atoms with Gasteiger partial charge in [0.1, 0.15) is 18.4 Å². The zero-order valence-electron chi connectivity index (χ0n) is 12.3. The number of ether oxygens (including phenoxy) is 2. The smallest absolute Gasteiger partial charge is 0.320 e. The average molecular weight is 281 g/mol. The highest BCUT2D eigenvalue weighted by atomic mass is 16.5. The first-order valence-corrected chi connectivity index (χ1v) is 6.71. The molecule has 0 heterocycles. The fourth-order valence-electron chi connectivity index (χ4n) is 1.78. The van der Waals surface area contributed by atoms with Crippen LogP contribution in [0.3, 0.4) is 0 Å². The molecule has 5 nitrogen and oxygen atoms in total. The minimum absolute atomic E-state index is 0.0455. The van der Waals surface area contributed by atoms with Crippen LogP contribution in [0.4, 0.5) is 0 Å². The molecule has 0 radical (unpaired) electrons. The van der Waals surface area contributed by atoms with Crippen molar-refractivity contribution < 1.29 is 19.4 Å². The Balaban J connectivity index is 2.46. The van der Waals surface area contributed by atoms with Gasteiger partial charge in [0, 0.05) is 13.7 Å². The molecule has 112 valence electrons. The van der Waals surface area contributed by atoms with Gasteiger partial charge in [-0.15, -0.1) is 0 Å². The van der Waals surface area contributed by atoms with E-state index in [1.54, 1.807) is 7.11 Å². The molecule has 0 saturated heterocycles. The maximum absolute atomic E-state index is 11.1. The molecular weight excluding hydrogens is 258 g/mol. The van der Waals surface area contributed by atoms with Crippen LogP contribution in [0.5, 0.6) is 5.75 Å². The minimum atomic E-state index is -0.820. The van der Waals surface area contributed by atoms with Crippen molar-refractivity contribution in [2.75, 3.05) is 20.3 Å². The van der Waals surface area contributed by atoms with E-state index in [0.29, 0.717) is 19.8 Å². The lowest BCUT2D eigenvalue weighted by Gasteiger charge is -2.18. The molecule has 20 heavy (non-hydrogen) atoms. The lowest BCUT2D eigenvalue weighted by molar-refractivity contribution is -0.140. The van der Waals surface area contributed by atoms with Crippen LogP contribution >= 0.6 is 0 Å². The number of hydrogen-bond donors (Lipinski definition) is 2. The van der Waals surface area contributed by atoms with Gasteiger partial charge in [-0.2, -0.15) is 0 Å². The molecule has 0 aromatic heterocycles. The lowest BCUT2D eigenvalue weighted by atomic mass is 10.0. The predicted octanol–water partition coefficient (Wildman–Crippen LogP) is 1.91. The van der Waals surface area contributed by atoms with Gasteiger partial charge in [-0.05, 0) is 23.6 Å². The van der Waals surface area contributed by atoms with Gasteiger partial charge in [0.25, 0.3) is 0 Å². The second-order valence-electron chi connectivity index (χ2n) is 4.93. The minimum Gasteiger partial charge on any atom is -0.491 e. The number of carboxylic acids is 1. The van der Waals surface area contributed by atoms with Crippen molar-refractivity contribution in [3.8, 4) is 5.75 Å². The summed E-state index contributed by atoms with van der Waals surface area (Å²) >= 11 is 0. The maximum atomic E-state index is 11.1. The van der Waals surface area contributed by atoms with Crippen molar-refractivity contribution in [1.29, 1.82) is 0 Å². The lowest BCUT2D eigenvalue weighted by Crippen LogP contribution is -2.40. The molecule has 1 aromatic rings. The molecule has 5 heteroatoms. The quantitative estimate of drug-likeness (QED) is 0.677. The summed E-state index contributed by atoms with van der Waals surface area (Å²) in [5, 5.41) is 12.1. The third-order valence-electron chi connectivity index (χ3n) is 2.94. The van der Waals surface area contributed by atoms with Crippen molar-refractivity contribution in [2.24, 2.45) is 5.92 Å². The zero-order chi connectivity index (χ0) is 15.0. The van der Waals surface area contributed by atoms with Crippen molar-refractivity contribution >= 4 is 5.97 Å². The van der Waals surface area contributed by atoms with Crippen LogP contribution in [0, 0.1) is 5.92 Å². The molecule has 0 aliphatic heterocycles. The Kier molecular flexibility index (Phi) is 7.04. The third kappa shape index (κ3) is 5.59. The second-order valence-corrected chi connectivity index (χ2v) is 4.93. The Labute approximate surface area is 119 Å². The highest BCUT2D eigenvalue weighted by molar-refractivity contribution is 5.73. The van der Waals surface area contributed by atoms with Crippen LogP contribution < -0.4 is 10.1 Å². The second kappa shape index (κ2) is 8.55. The Morgan fingerprint density at radius 3 is 2.40 bits per heavy atom. The van der Waals surface area contributed by atoms with Gasteiger partial charge < -0.3 is 19.9 Å². The van der Waals surface area contributed by atoms with Gasteiger partial charge in [0.15, 0.2) is 0 Å². The van der Waals surface area contributed by atoms with Gasteiger partial charge in [0.2, 0.25) is 0 Å². The van der Waals surface area contributed by atoms with E-state index in [-0.39, 0.29) is 5.92 Å². The first-order valence-electron chi connectivity index (χ1n) is 6.71. The van der Waals surface area contributed by atoms with Crippen molar-refractivity contribution in [2.45, 2.75) is 26.4 Å². The molecule has 1 aromatic carbocycles. The summed E-state index contributed by atoms with van der Waals surface area (Å²) in [4.78, 5) is 11.1. The summed E-state index contributed by atoms with van der Waals surface area (Å²) in [6.45, 7) is 5.37. The largest absolute Gasteiger partial charge is 0.491 e. The van der Waals surface area contributed by atoms with Crippen molar-refractivity contribution in [3.05, 3.63) is 29.8 Å². The molecule has 0 spiro atoms. The van der Waals surface area contributed by atoms with E-state index in [4.69, 9.17) is 14.6 Å². The van der Waals surface area contributed by atoms with Crippen LogP contribution in [0.1, 0.15) is 19.4 Å². The van der Waals surface area contributed by atoms with Crippen LogP contribution in [-0.2, 0) is 16.1 Å². The van der Waals surface area contributed by atoms with Gasteiger partial charge >= 0.3 is 5.97 Å². The molecule has 0 aliphatic rings. The number of rotatable bonds is 9. The molecule has 1 rings (SSSR count). The SMILES string of the molecule is COCCOc1ccc(CN[C@H](C(=O)O)C(C)C)cc1. The average Bonchev–Trinajstić information content (AvgIpc) is 2.40. The monoisotopic (exact) mass is 281 g/mol. The highest BCUT2D eigenvalue weighted by Gasteiger charge is 2.20. The van der Waals surface area contributed by atoms with E-state index in [1.165, 1.54) is 0 Å².